The molecule has 0 spiro atoms. The fourth-order valence-corrected chi connectivity index (χ4v) is 1.31. The Hall–Kier alpha value is -0.610. The molecule has 0 saturated carbocycles. The van der Waals surface area contributed by atoms with Gasteiger partial charge in [-0.05, 0) is 19.3 Å². The van der Waals surface area contributed by atoms with Crippen LogP contribution in [0.3, 0.4) is 0 Å². The Morgan fingerprint density at radius 3 is 3.00 bits per heavy atom. The highest BCUT2D eigenvalue weighted by Gasteiger charge is 2.15. The van der Waals surface area contributed by atoms with Crippen LogP contribution in [0.2, 0.25) is 0 Å². The summed E-state index contributed by atoms with van der Waals surface area (Å²) in [6.45, 7) is 1.53. The summed E-state index contributed by atoms with van der Waals surface area (Å²) in [5.74, 6) is -0.225. The molecular weight excluding hydrogens is 170 g/mol. The van der Waals surface area contributed by atoms with Gasteiger partial charge in [0, 0.05) is 13.2 Å². The van der Waals surface area contributed by atoms with Gasteiger partial charge in [0.2, 0.25) is 0 Å². The fraction of sp³-hybridized carbons (Fsp3) is 0.889. The van der Waals surface area contributed by atoms with Crippen LogP contribution in [0.15, 0.2) is 0 Å². The van der Waals surface area contributed by atoms with Gasteiger partial charge in [-0.2, -0.15) is 0 Å². The van der Waals surface area contributed by atoms with Crippen LogP contribution in [0.4, 0.5) is 0 Å². The van der Waals surface area contributed by atoms with Crippen molar-refractivity contribution in [1.29, 1.82) is 0 Å². The Bertz CT molecular complexity index is 155. The average molecular weight is 187 g/mol. The third-order valence-corrected chi connectivity index (χ3v) is 2.05. The zero-order valence-corrected chi connectivity index (χ0v) is 7.83. The summed E-state index contributed by atoms with van der Waals surface area (Å²) in [4.78, 5) is 10.9. The van der Waals surface area contributed by atoms with E-state index in [1.807, 2.05) is 0 Å². The molecule has 1 rings (SSSR count). The summed E-state index contributed by atoms with van der Waals surface area (Å²) in [5.41, 5.74) is 5.21. The summed E-state index contributed by atoms with van der Waals surface area (Å²) in [7, 11) is 0. The number of hydrogen-bond acceptors (Lipinski definition) is 4. The van der Waals surface area contributed by atoms with E-state index in [9.17, 15) is 4.79 Å². The minimum atomic E-state index is -0.225. The van der Waals surface area contributed by atoms with Crippen LogP contribution in [-0.4, -0.2) is 31.8 Å². The first kappa shape index (κ1) is 10.5. The highest BCUT2D eigenvalue weighted by Crippen LogP contribution is 2.12. The van der Waals surface area contributed by atoms with Crippen molar-refractivity contribution in [3.05, 3.63) is 0 Å². The molecule has 2 N–H and O–H groups in total. The van der Waals surface area contributed by atoms with E-state index in [2.05, 4.69) is 0 Å². The van der Waals surface area contributed by atoms with E-state index in [0.29, 0.717) is 19.6 Å². The molecule has 0 aromatic heterocycles. The molecule has 1 unspecified atom stereocenters. The van der Waals surface area contributed by atoms with Gasteiger partial charge in [-0.1, -0.05) is 0 Å². The van der Waals surface area contributed by atoms with Crippen LogP contribution >= 0.6 is 0 Å². The summed E-state index contributed by atoms with van der Waals surface area (Å²) in [6, 6.07) is 0. The molecule has 4 heteroatoms. The Balaban J connectivity index is 2.06. The molecule has 13 heavy (non-hydrogen) atoms. The second kappa shape index (κ2) is 5.94. The van der Waals surface area contributed by atoms with E-state index in [1.165, 1.54) is 6.42 Å². The summed E-state index contributed by atoms with van der Waals surface area (Å²) in [6.07, 6.45) is 3.69. The van der Waals surface area contributed by atoms with Crippen molar-refractivity contribution < 1.29 is 14.3 Å². The number of hydrogen-bond donors (Lipinski definition) is 1. The number of nitrogens with two attached hydrogens (primary N) is 1. The molecule has 0 radical (unpaired) electrons. The largest absolute Gasteiger partial charge is 0.463 e. The second-order valence-corrected chi connectivity index (χ2v) is 3.21. The quantitative estimate of drug-likeness (QED) is 0.649. The summed E-state index contributed by atoms with van der Waals surface area (Å²) in [5, 5.41) is 0. The minimum absolute atomic E-state index is 0.107. The van der Waals surface area contributed by atoms with Gasteiger partial charge in [0.1, 0.15) is 6.61 Å². The Labute approximate surface area is 78.4 Å². The topological polar surface area (TPSA) is 61.6 Å². The summed E-state index contributed by atoms with van der Waals surface area (Å²) < 4.78 is 10.4. The van der Waals surface area contributed by atoms with Crippen molar-refractivity contribution in [1.82, 2.24) is 0 Å². The molecule has 0 aliphatic carbocycles. The standard InChI is InChI=1S/C9H17NO3/c10-5-4-9(11)13-7-8-3-1-2-6-12-8/h8H,1-7,10H2. The lowest BCUT2D eigenvalue weighted by Gasteiger charge is -2.21. The van der Waals surface area contributed by atoms with E-state index in [1.54, 1.807) is 0 Å². The van der Waals surface area contributed by atoms with Crippen molar-refractivity contribution in [2.45, 2.75) is 31.8 Å². The monoisotopic (exact) mass is 187 g/mol. The van der Waals surface area contributed by atoms with E-state index in [4.69, 9.17) is 15.2 Å². The first-order valence-corrected chi connectivity index (χ1v) is 4.80. The number of carbonyl (C=O) groups excluding carboxylic acids is 1. The number of ether oxygens (including phenoxy) is 2. The van der Waals surface area contributed by atoms with Crippen LogP contribution in [-0.2, 0) is 14.3 Å². The molecule has 76 valence electrons. The molecule has 1 aliphatic heterocycles. The Morgan fingerprint density at radius 2 is 2.38 bits per heavy atom. The van der Waals surface area contributed by atoms with Crippen LogP contribution < -0.4 is 5.73 Å². The van der Waals surface area contributed by atoms with Gasteiger partial charge in [0.15, 0.2) is 0 Å². The fourth-order valence-electron chi connectivity index (χ4n) is 1.31. The molecule has 0 aromatic carbocycles. The smallest absolute Gasteiger partial charge is 0.307 e. The molecular formula is C9H17NO3. The predicted octanol–water partition coefficient (Wildman–Crippen LogP) is 0.447. The van der Waals surface area contributed by atoms with Gasteiger partial charge < -0.3 is 15.2 Å². The second-order valence-electron chi connectivity index (χ2n) is 3.21. The van der Waals surface area contributed by atoms with E-state index in [0.717, 1.165) is 19.4 Å². The molecule has 1 heterocycles. The first-order valence-electron chi connectivity index (χ1n) is 4.80. The molecule has 1 atom stereocenters. The predicted molar refractivity (Wildman–Crippen MR) is 48.2 cm³/mol. The van der Waals surface area contributed by atoms with Crippen LogP contribution in [0.5, 0.6) is 0 Å². The van der Waals surface area contributed by atoms with Crippen molar-refractivity contribution in [3.8, 4) is 0 Å². The number of rotatable bonds is 4. The molecule has 0 aromatic rings. The van der Waals surface area contributed by atoms with Crippen molar-refractivity contribution in [3.63, 3.8) is 0 Å². The minimum Gasteiger partial charge on any atom is -0.463 e. The third-order valence-electron chi connectivity index (χ3n) is 2.05. The van der Waals surface area contributed by atoms with E-state index >= 15 is 0 Å². The first-order chi connectivity index (χ1) is 6.33. The number of esters is 1. The SMILES string of the molecule is NCCC(=O)OCC1CCCCO1. The van der Waals surface area contributed by atoms with Gasteiger partial charge >= 0.3 is 5.97 Å². The van der Waals surface area contributed by atoms with Gasteiger partial charge in [0.25, 0.3) is 0 Å². The molecule has 4 nitrogen and oxygen atoms in total. The molecule has 0 bridgehead atoms. The molecule has 1 aliphatic rings. The summed E-state index contributed by atoms with van der Waals surface area (Å²) >= 11 is 0. The Kier molecular flexibility index (Phi) is 4.78. The highest BCUT2D eigenvalue weighted by molar-refractivity contribution is 5.69. The molecule has 1 saturated heterocycles. The van der Waals surface area contributed by atoms with Crippen LogP contribution in [0, 0.1) is 0 Å². The van der Waals surface area contributed by atoms with Gasteiger partial charge in [-0.3, -0.25) is 4.79 Å². The maximum Gasteiger partial charge on any atom is 0.307 e. The zero-order valence-electron chi connectivity index (χ0n) is 7.83. The van der Waals surface area contributed by atoms with E-state index in [-0.39, 0.29) is 12.1 Å². The van der Waals surface area contributed by atoms with E-state index < -0.39 is 0 Å². The molecule has 0 amide bonds. The van der Waals surface area contributed by atoms with Crippen molar-refractivity contribution >= 4 is 5.97 Å². The average Bonchev–Trinajstić information content (AvgIpc) is 2.17. The Morgan fingerprint density at radius 1 is 1.54 bits per heavy atom. The highest BCUT2D eigenvalue weighted by atomic mass is 16.6. The maximum atomic E-state index is 10.9. The lowest BCUT2D eigenvalue weighted by atomic mass is 10.1. The lowest BCUT2D eigenvalue weighted by molar-refractivity contribution is -0.148. The van der Waals surface area contributed by atoms with Crippen molar-refractivity contribution in [2.75, 3.05) is 19.8 Å². The lowest BCUT2D eigenvalue weighted by Crippen LogP contribution is -2.26. The van der Waals surface area contributed by atoms with Gasteiger partial charge in [-0.25, -0.2) is 0 Å². The van der Waals surface area contributed by atoms with Gasteiger partial charge in [-0.15, -0.1) is 0 Å². The zero-order chi connectivity index (χ0) is 9.52. The van der Waals surface area contributed by atoms with Crippen molar-refractivity contribution in [2.24, 2.45) is 5.73 Å². The normalized spacial score (nSPS) is 22.7. The maximum absolute atomic E-state index is 10.9. The van der Waals surface area contributed by atoms with Gasteiger partial charge in [0.05, 0.1) is 12.5 Å². The third kappa shape index (κ3) is 4.24. The molecule has 1 fully saturated rings. The van der Waals surface area contributed by atoms with Crippen LogP contribution in [0.1, 0.15) is 25.7 Å². The van der Waals surface area contributed by atoms with Crippen LogP contribution in [0.25, 0.3) is 0 Å². The number of carbonyl (C=O) groups is 1.